The number of rotatable bonds is 57. The number of unbranched alkanes of at least 4 members (excludes halogenated alkanes) is 3. The van der Waals surface area contributed by atoms with E-state index in [1.54, 1.807) is 12.4 Å². The lowest BCUT2D eigenvalue weighted by molar-refractivity contribution is -0.139. The van der Waals surface area contributed by atoms with Gasteiger partial charge in [0, 0.05) is 84.6 Å². The maximum atomic E-state index is 13.6. The Kier molecular flexibility index (Phi) is 45.4. The Balaban J connectivity index is 0.942. The number of nitrogens with one attached hydrogen (secondary N) is 10. The molecule has 4 atom stereocenters. The fourth-order valence-electron chi connectivity index (χ4n) is 9.01. The van der Waals surface area contributed by atoms with Crippen molar-refractivity contribution in [2.24, 2.45) is 0 Å². The number of ether oxygens (including phenoxy) is 8. The first-order chi connectivity index (χ1) is 48.4. The van der Waals surface area contributed by atoms with Gasteiger partial charge in [0.15, 0.2) is 0 Å². The van der Waals surface area contributed by atoms with Gasteiger partial charge in [-0.1, -0.05) is 58.5 Å². The number of hydrogen-bond donors (Lipinski definition) is 12. The summed E-state index contributed by atoms with van der Waals surface area (Å²) < 4.78 is 44.7. The summed E-state index contributed by atoms with van der Waals surface area (Å²) in [4.78, 5) is 109. The van der Waals surface area contributed by atoms with Gasteiger partial charge < -0.3 is 101 Å². The number of aromatic nitrogens is 2. The molecule has 0 radical (unpaired) electrons. The standard InChI is InChI=1S/C66H94Cl4N12O18/c67-49-37-47(38-50(68)41-49)53(43-61(85)86)81-63(89)55(79-59(83)13-3-7-17-73-57-11-1-5-15-71-57)45-99-35-33-97-31-29-95-27-25-93-23-21-77-65(91)75-19-9-10-20-76-66(92)78-22-24-94-26-28-96-30-32-98-34-36-100-46-56(80-60(84)14-4-8-18-74-58-12-2-6-16-72-58)64(90)82-54(44-62(87)88)48-39-51(69)42-52(70)40-48/h1-2,5-6,11-12,15-16,37-42,53-56H,3-4,7-10,13-14,17-36,43-46H2,(H,71,73)(H,72,74)(H,79,83)(H,80,84)(H,81,89)(H,82,90)(H,85,86)(H,87,88)(H2,75,77,91)(H2,76,78,92)/t53?,54?,55-,56-/m0/s1. The molecule has 2 heterocycles. The summed E-state index contributed by atoms with van der Waals surface area (Å²) in [7, 11) is 0. The van der Waals surface area contributed by atoms with Crippen molar-refractivity contribution in [1.82, 2.24) is 52.5 Å². The van der Waals surface area contributed by atoms with Crippen molar-refractivity contribution < 1.29 is 86.5 Å². The zero-order chi connectivity index (χ0) is 72.2. The maximum Gasteiger partial charge on any atom is 0.314 e. The molecule has 0 bridgehead atoms. The maximum absolute atomic E-state index is 13.6. The molecule has 2 aromatic heterocycles. The number of carboxylic acids is 2. The van der Waals surface area contributed by atoms with Crippen molar-refractivity contribution in [3.05, 3.63) is 116 Å². The van der Waals surface area contributed by atoms with Crippen LogP contribution < -0.4 is 53.2 Å². The predicted octanol–water partition coefficient (Wildman–Crippen LogP) is 6.10. The quantitative estimate of drug-likeness (QED) is 0.0222. The number of pyridine rings is 2. The Bertz CT molecular complexity index is 2780. The molecule has 554 valence electrons. The molecule has 100 heavy (non-hydrogen) atoms. The van der Waals surface area contributed by atoms with E-state index in [1.165, 1.54) is 36.4 Å². The van der Waals surface area contributed by atoms with E-state index in [-0.39, 0.29) is 176 Å². The summed E-state index contributed by atoms with van der Waals surface area (Å²) in [5.74, 6) is -3.01. The first-order valence-corrected chi connectivity index (χ1v) is 34.4. The van der Waals surface area contributed by atoms with Crippen LogP contribution in [0.4, 0.5) is 21.2 Å². The van der Waals surface area contributed by atoms with Crippen LogP contribution in [0.3, 0.4) is 0 Å². The fraction of sp³-hybridized carbons (Fsp3) is 0.545. The first-order valence-electron chi connectivity index (χ1n) is 32.9. The van der Waals surface area contributed by atoms with Crippen LogP contribution in [-0.4, -0.2) is 225 Å². The van der Waals surface area contributed by atoms with Crippen molar-refractivity contribution >= 4 is 106 Å². The van der Waals surface area contributed by atoms with Gasteiger partial charge in [0.25, 0.3) is 0 Å². The number of nitrogens with zero attached hydrogens (tertiary/aromatic N) is 2. The predicted molar refractivity (Wildman–Crippen MR) is 375 cm³/mol. The zero-order valence-electron chi connectivity index (χ0n) is 55.9. The minimum Gasteiger partial charge on any atom is -0.481 e. The number of anilines is 2. The van der Waals surface area contributed by atoms with Crippen LogP contribution in [0.2, 0.25) is 20.1 Å². The second-order valence-electron chi connectivity index (χ2n) is 22.1. The van der Waals surface area contributed by atoms with Crippen molar-refractivity contribution in [3.63, 3.8) is 0 Å². The van der Waals surface area contributed by atoms with Crippen LogP contribution in [-0.2, 0) is 66.7 Å². The molecule has 0 spiro atoms. The Labute approximate surface area is 602 Å². The van der Waals surface area contributed by atoms with Crippen LogP contribution in [0.1, 0.15) is 87.4 Å². The van der Waals surface area contributed by atoms with E-state index in [0.717, 1.165) is 11.6 Å². The van der Waals surface area contributed by atoms with Gasteiger partial charge in [-0.3, -0.25) is 28.8 Å². The molecule has 2 aromatic carbocycles. The SMILES string of the molecule is O=C(O)CC(NC(=O)[C@H](COCCOCCOCCOCCNC(=O)NCCCCNC(=O)NCCOCCOCCOCCOC[C@H](NC(=O)CCCCNc1ccccn1)C(=O)NC(CC(=O)O)c1cc(Cl)cc(Cl)c1)NC(=O)CCCCNc1ccccn1)c1cc(Cl)cc(Cl)c1. The lowest BCUT2D eigenvalue weighted by Crippen LogP contribution is -2.50. The smallest absolute Gasteiger partial charge is 0.314 e. The van der Waals surface area contributed by atoms with Gasteiger partial charge in [-0.2, -0.15) is 0 Å². The summed E-state index contributed by atoms with van der Waals surface area (Å²) >= 11 is 24.7. The van der Waals surface area contributed by atoms with E-state index >= 15 is 0 Å². The third-order valence-electron chi connectivity index (χ3n) is 13.9. The van der Waals surface area contributed by atoms with Crippen molar-refractivity contribution in [2.45, 2.75) is 88.4 Å². The highest BCUT2D eigenvalue weighted by Gasteiger charge is 2.28. The lowest BCUT2D eigenvalue weighted by Gasteiger charge is -2.23. The number of halogens is 4. The molecule has 4 rings (SSSR count). The molecule has 0 aliphatic carbocycles. The first kappa shape index (κ1) is 85.0. The van der Waals surface area contributed by atoms with E-state index < -0.39 is 60.8 Å². The highest BCUT2D eigenvalue weighted by atomic mass is 35.5. The molecule has 0 aliphatic rings. The third-order valence-corrected chi connectivity index (χ3v) is 14.8. The van der Waals surface area contributed by atoms with Crippen LogP contribution >= 0.6 is 46.4 Å². The van der Waals surface area contributed by atoms with E-state index in [9.17, 15) is 48.6 Å². The number of benzene rings is 2. The van der Waals surface area contributed by atoms with E-state index in [1.807, 2.05) is 36.4 Å². The second-order valence-corrected chi connectivity index (χ2v) is 23.8. The van der Waals surface area contributed by atoms with E-state index in [2.05, 4.69) is 63.1 Å². The van der Waals surface area contributed by atoms with Crippen LogP contribution in [0.15, 0.2) is 85.2 Å². The van der Waals surface area contributed by atoms with Gasteiger partial charge in [-0.25, -0.2) is 19.6 Å². The number of amides is 8. The number of carbonyl (C=O) groups excluding carboxylic acids is 6. The van der Waals surface area contributed by atoms with Gasteiger partial charge in [0.2, 0.25) is 23.6 Å². The summed E-state index contributed by atoms with van der Waals surface area (Å²) in [6, 6.07) is 15.0. The molecule has 0 aliphatic heterocycles. The molecule has 8 amide bonds. The van der Waals surface area contributed by atoms with E-state index in [0.29, 0.717) is 75.8 Å². The molecular weight excluding hydrogens is 1390 g/mol. The Morgan fingerprint density at radius 2 is 0.700 bits per heavy atom. The van der Waals surface area contributed by atoms with Crippen molar-refractivity contribution in [2.75, 3.05) is 156 Å². The van der Waals surface area contributed by atoms with Crippen molar-refractivity contribution in [3.8, 4) is 0 Å². The molecule has 34 heteroatoms. The lowest BCUT2D eigenvalue weighted by atomic mass is 10.0. The highest BCUT2D eigenvalue weighted by molar-refractivity contribution is 6.35. The van der Waals surface area contributed by atoms with Gasteiger partial charge in [-0.05, 0) is 110 Å². The largest absolute Gasteiger partial charge is 0.481 e. The molecule has 4 aromatic rings. The Hall–Kier alpha value is -7.46. The summed E-state index contributed by atoms with van der Waals surface area (Å²) in [5, 5.41) is 48.4. The van der Waals surface area contributed by atoms with Crippen LogP contribution in [0, 0.1) is 0 Å². The topological polar surface area (TPSA) is 397 Å². The minimum atomic E-state index is -1.18. The van der Waals surface area contributed by atoms with Gasteiger partial charge in [0.05, 0.1) is 131 Å². The van der Waals surface area contributed by atoms with Crippen molar-refractivity contribution in [1.29, 1.82) is 0 Å². The Morgan fingerprint density at radius 3 is 1.03 bits per heavy atom. The van der Waals surface area contributed by atoms with E-state index in [4.69, 9.17) is 84.3 Å². The summed E-state index contributed by atoms with van der Waals surface area (Å²) in [5.41, 5.74) is 0.754. The fourth-order valence-corrected chi connectivity index (χ4v) is 10.1. The number of hydrogen-bond acceptors (Lipinski definition) is 20. The second kappa shape index (κ2) is 53.4. The Morgan fingerprint density at radius 1 is 0.380 bits per heavy atom. The minimum absolute atomic E-state index is 0.0798. The number of aliphatic carboxylic acids is 2. The highest BCUT2D eigenvalue weighted by Crippen LogP contribution is 2.27. The monoisotopic (exact) mass is 1480 g/mol. The van der Waals surface area contributed by atoms with Gasteiger partial charge >= 0.3 is 24.0 Å². The number of carbonyl (C=O) groups is 8. The molecule has 0 saturated carbocycles. The van der Waals surface area contributed by atoms with Crippen LogP contribution in [0.5, 0.6) is 0 Å². The van der Waals surface area contributed by atoms with Gasteiger partial charge in [-0.15, -0.1) is 0 Å². The molecule has 12 N–H and O–H groups in total. The number of carboxylic acid groups (broad SMARTS) is 2. The molecule has 30 nitrogen and oxygen atoms in total. The summed E-state index contributed by atoms with van der Waals surface area (Å²) in [6.45, 7) is 5.24. The molecule has 2 unspecified atom stereocenters. The van der Waals surface area contributed by atoms with Crippen LogP contribution in [0.25, 0.3) is 0 Å². The third kappa shape index (κ3) is 42.0. The average molecular weight is 1490 g/mol. The molecule has 0 saturated heterocycles. The zero-order valence-corrected chi connectivity index (χ0v) is 58.9. The normalized spacial score (nSPS) is 12.2. The number of urea groups is 2. The molecule has 0 fully saturated rings. The van der Waals surface area contributed by atoms with Gasteiger partial charge in [0.1, 0.15) is 23.7 Å². The molecular formula is C66H94Cl4N12O18. The average Bonchev–Trinajstić information content (AvgIpc) is 0.862. The summed E-state index contributed by atoms with van der Waals surface area (Å²) in [6.07, 6.45) is 6.30.